The summed E-state index contributed by atoms with van der Waals surface area (Å²) in [4.78, 5) is 38.5. The molecule has 2 aromatic carbocycles. The zero-order valence-corrected chi connectivity index (χ0v) is 17.8. The van der Waals surface area contributed by atoms with E-state index >= 15 is 0 Å². The third kappa shape index (κ3) is 5.76. The lowest BCUT2D eigenvalue weighted by Crippen LogP contribution is -2.44. The lowest BCUT2D eigenvalue weighted by atomic mass is 9.97. The molecule has 9 heteroatoms. The van der Waals surface area contributed by atoms with Crippen molar-refractivity contribution in [1.82, 2.24) is 10.2 Å². The minimum Gasteiger partial charge on any atom is -0.495 e. The predicted octanol–water partition coefficient (Wildman–Crippen LogP) is 2.57. The molecule has 1 aliphatic heterocycles. The fourth-order valence-electron chi connectivity index (χ4n) is 3.47. The second kappa shape index (κ2) is 10.8. The molecule has 1 fully saturated rings. The Balaban J connectivity index is 1.43. The Kier molecular flexibility index (Phi) is 7.65. The first kappa shape index (κ1) is 22.6. The Morgan fingerprint density at radius 2 is 1.66 bits per heavy atom. The average molecular weight is 435 g/mol. The Labute approximate surface area is 186 Å². The summed E-state index contributed by atoms with van der Waals surface area (Å²) in [6.45, 7) is 1.43. The number of nitrogens with one attached hydrogen (secondary N) is 3. The van der Waals surface area contributed by atoms with Gasteiger partial charge < -0.3 is 25.6 Å². The summed E-state index contributed by atoms with van der Waals surface area (Å²) in [5, 5.41) is 17.0. The Morgan fingerprint density at radius 1 is 1.00 bits per heavy atom. The van der Waals surface area contributed by atoms with Crippen LogP contribution in [0.1, 0.15) is 18.4 Å². The minimum absolute atomic E-state index is 0.161. The van der Waals surface area contributed by atoms with Gasteiger partial charge in [0, 0.05) is 19.6 Å². The Morgan fingerprint density at radius 3 is 2.34 bits per heavy atom. The van der Waals surface area contributed by atoms with Gasteiger partial charge in [-0.1, -0.05) is 24.3 Å². The predicted molar refractivity (Wildman–Crippen MR) is 119 cm³/mol. The molecule has 166 valence electrons. The molecule has 4 amide bonds. The van der Waals surface area contributed by atoms with Crippen LogP contribution >= 0.6 is 0 Å². The van der Waals surface area contributed by atoms with E-state index in [9.17, 15) is 14.4 Å². The van der Waals surface area contributed by atoms with Crippen LogP contribution in [0.15, 0.2) is 48.5 Å². The first-order valence-corrected chi connectivity index (χ1v) is 10.3. The van der Waals surface area contributed by atoms with Crippen molar-refractivity contribution in [1.29, 1.82) is 5.26 Å². The molecule has 0 aromatic heterocycles. The van der Waals surface area contributed by atoms with E-state index in [0.29, 0.717) is 49.6 Å². The number of amides is 4. The van der Waals surface area contributed by atoms with Crippen molar-refractivity contribution in [2.45, 2.75) is 12.8 Å². The van der Waals surface area contributed by atoms with Crippen molar-refractivity contribution in [3.63, 3.8) is 0 Å². The number of piperidine rings is 1. The first-order valence-electron chi connectivity index (χ1n) is 10.3. The van der Waals surface area contributed by atoms with E-state index in [-0.39, 0.29) is 17.5 Å². The van der Waals surface area contributed by atoms with E-state index in [0.717, 1.165) is 0 Å². The summed E-state index contributed by atoms with van der Waals surface area (Å²) in [6, 6.07) is 15.4. The molecule has 32 heavy (non-hydrogen) atoms. The zero-order chi connectivity index (χ0) is 22.9. The molecule has 0 radical (unpaired) electrons. The van der Waals surface area contributed by atoms with Gasteiger partial charge in [-0.2, -0.15) is 5.26 Å². The van der Waals surface area contributed by atoms with Gasteiger partial charge in [0.05, 0.1) is 24.0 Å². The summed E-state index contributed by atoms with van der Waals surface area (Å²) >= 11 is 0. The number of hydrogen-bond donors (Lipinski definition) is 3. The maximum Gasteiger partial charge on any atom is 0.321 e. The maximum atomic E-state index is 12.5. The van der Waals surface area contributed by atoms with Crippen LogP contribution in [-0.4, -0.2) is 49.5 Å². The molecule has 1 saturated heterocycles. The number of ether oxygens (including phenoxy) is 1. The van der Waals surface area contributed by atoms with Crippen molar-refractivity contribution in [3.05, 3.63) is 54.1 Å². The SMILES string of the molecule is COc1ccccc1NC(=O)N1CCC(CNC(=O)C(=O)Nc2ccccc2C#N)CC1. The van der Waals surface area contributed by atoms with E-state index in [4.69, 9.17) is 10.00 Å². The molecule has 0 saturated carbocycles. The Hall–Kier alpha value is -4.06. The molecular weight excluding hydrogens is 410 g/mol. The normalized spacial score (nSPS) is 13.6. The number of carbonyl (C=O) groups is 3. The van der Waals surface area contributed by atoms with Crippen molar-refractivity contribution in [3.8, 4) is 11.8 Å². The summed E-state index contributed by atoms with van der Waals surface area (Å²) < 4.78 is 5.25. The van der Waals surface area contributed by atoms with Gasteiger partial charge >= 0.3 is 17.8 Å². The molecule has 2 aromatic rings. The smallest absolute Gasteiger partial charge is 0.321 e. The van der Waals surface area contributed by atoms with Crippen LogP contribution in [0.2, 0.25) is 0 Å². The highest BCUT2D eigenvalue weighted by molar-refractivity contribution is 6.39. The summed E-state index contributed by atoms with van der Waals surface area (Å²) in [7, 11) is 1.55. The number of likely N-dealkylation sites (tertiary alicyclic amines) is 1. The van der Waals surface area contributed by atoms with Crippen LogP contribution in [0.5, 0.6) is 5.75 Å². The summed E-state index contributed by atoms with van der Waals surface area (Å²) in [5.74, 6) is -0.821. The van der Waals surface area contributed by atoms with Crippen LogP contribution in [0.3, 0.4) is 0 Å². The number of rotatable bonds is 5. The fraction of sp³-hybridized carbons (Fsp3) is 0.304. The third-order valence-corrected chi connectivity index (χ3v) is 5.30. The average Bonchev–Trinajstić information content (AvgIpc) is 2.83. The topological polar surface area (TPSA) is 124 Å². The molecule has 1 aliphatic rings. The molecule has 0 bridgehead atoms. The molecule has 9 nitrogen and oxygen atoms in total. The highest BCUT2D eigenvalue weighted by atomic mass is 16.5. The van der Waals surface area contributed by atoms with Crippen LogP contribution < -0.4 is 20.7 Å². The molecule has 3 N–H and O–H groups in total. The lowest BCUT2D eigenvalue weighted by Gasteiger charge is -2.32. The number of methoxy groups -OCH3 is 1. The first-order chi connectivity index (χ1) is 15.5. The van der Waals surface area contributed by atoms with Gasteiger partial charge in [-0.05, 0) is 43.0 Å². The molecule has 1 heterocycles. The monoisotopic (exact) mass is 435 g/mol. The molecule has 3 rings (SSSR count). The maximum absolute atomic E-state index is 12.5. The summed E-state index contributed by atoms with van der Waals surface area (Å²) in [6.07, 6.45) is 1.41. The fourth-order valence-corrected chi connectivity index (χ4v) is 3.47. The Bertz CT molecular complexity index is 1030. The van der Waals surface area contributed by atoms with Gasteiger partial charge in [0.2, 0.25) is 0 Å². The van der Waals surface area contributed by atoms with Gasteiger partial charge in [-0.15, -0.1) is 0 Å². The number of para-hydroxylation sites is 3. The van der Waals surface area contributed by atoms with Crippen molar-refractivity contribution >= 4 is 29.2 Å². The quantitative estimate of drug-likeness (QED) is 0.623. The van der Waals surface area contributed by atoms with E-state index in [1.165, 1.54) is 0 Å². The van der Waals surface area contributed by atoms with Crippen LogP contribution in [-0.2, 0) is 9.59 Å². The van der Waals surface area contributed by atoms with E-state index in [1.54, 1.807) is 48.4 Å². The highest BCUT2D eigenvalue weighted by Gasteiger charge is 2.24. The second-order valence-corrected chi connectivity index (χ2v) is 7.38. The number of carbonyl (C=O) groups excluding carboxylic acids is 3. The van der Waals surface area contributed by atoms with E-state index in [1.807, 2.05) is 18.2 Å². The molecular formula is C23H25N5O4. The lowest BCUT2D eigenvalue weighted by molar-refractivity contribution is -0.136. The molecule has 0 aliphatic carbocycles. The van der Waals surface area contributed by atoms with Gasteiger partial charge in [-0.3, -0.25) is 9.59 Å². The highest BCUT2D eigenvalue weighted by Crippen LogP contribution is 2.24. The van der Waals surface area contributed by atoms with Crippen molar-refractivity contribution in [2.24, 2.45) is 5.92 Å². The minimum atomic E-state index is -0.818. The molecule has 0 atom stereocenters. The summed E-state index contributed by atoms with van der Waals surface area (Å²) in [5.41, 5.74) is 1.19. The largest absolute Gasteiger partial charge is 0.495 e. The van der Waals surface area contributed by atoms with Crippen LogP contribution in [0.4, 0.5) is 16.2 Å². The van der Waals surface area contributed by atoms with E-state index in [2.05, 4.69) is 16.0 Å². The van der Waals surface area contributed by atoms with Crippen LogP contribution in [0.25, 0.3) is 0 Å². The van der Waals surface area contributed by atoms with Crippen LogP contribution in [0, 0.1) is 17.2 Å². The standard InChI is InChI=1S/C23H25N5O4/c1-32-20-9-5-4-8-19(20)27-23(31)28-12-10-16(11-13-28)15-25-21(29)22(30)26-18-7-3-2-6-17(18)14-24/h2-9,16H,10-13,15H2,1H3,(H,25,29)(H,26,30)(H,27,31). The molecule has 0 unspecified atom stereocenters. The van der Waals surface area contributed by atoms with Gasteiger partial charge in [0.1, 0.15) is 11.8 Å². The second-order valence-electron chi connectivity index (χ2n) is 7.38. The number of urea groups is 1. The van der Waals surface area contributed by atoms with Gasteiger partial charge in [-0.25, -0.2) is 4.79 Å². The van der Waals surface area contributed by atoms with Gasteiger partial charge in [0.15, 0.2) is 0 Å². The molecule has 0 spiro atoms. The third-order valence-electron chi connectivity index (χ3n) is 5.30. The van der Waals surface area contributed by atoms with E-state index < -0.39 is 11.8 Å². The van der Waals surface area contributed by atoms with Gasteiger partial charge in [0.25, 0.3) is 0 Å². The number of nitrogens with zero attached hydrogens (tertiary/aromatic N) is 2. The number of benzene rings is 2. The zero-order valence-electron chi connectivity index (χ0n) is 17.8. The number of anilines is 2. The van der Waals surface area contributed by atoms with Crippen molar-refractivity contribution in [2.75, 3.05) is 37.4 Å². The number of hydrogen-bond acceptors (Lipinski definition) is 5. The van der Waals surface area contributed by atoms with Crippen molar-refractivity contribution < 1.29 is 19.1 Å². The number of nitriles is 1.